The Morgan fingerprint density at radius 2 is 1.40 bits per heavy atom. The summed E-state index contributed by atoms with van der Waals surface area (Å²) in [7, 11) is 1.29. The van der Waals surface area contributed by atoms with Gasteiger partial charge in [0.15, 0.2) is 0 Å². The Balaban J connectivity index is 1.12. The molecule has 276 valence electrons. The van der Waals surface area contributed by atoms with E-state index >= 15 is 0 Å². The molecule has 2 aromatic carbocycles. The van der Waals surface area contributed by atoms with Crippen LogP contribution in [0.4, 0.5) is 9.59 Å². The number of nitrogens with one attached hydrogen (secondary N) is 3. The Morgan fingerprint density at radius 3 is 1.90 bits per heavy atom. The Kier molecular flexibility index (Phi) is 10.2. The molecule has 4 heterocycles. The number of hydrogen-bond acceptors (Lipinski definition) is 8. The van der Waals surface area contributed by atoms with Gasteiger partial charge in [0.1, 0.15) is 35.1 Å². The van der Waals surface area contributed by atoms with Crippen molar-refractivity contribution in [1.82, 2.24) is 35.1 Å². The lowest BCUT2D eigenvalue weighted by atomic mass is 10.0. The van der Waals surface area contributed by atoms with E-state index in [1.807, 2.05) is 65.5 Å². The van der Waals surface area contributed by atoms with E-state index in [0.717, 1.165) is 52.3 Å². The molecule has 13 heteroatoms. The lowest BCUT2D eigenvalue weighted by Gasteiger charge is -2.34. The van der Waals surface area contributed by atoms with Crippen LogP contribution in [0.25, 0.3) is 33.6 Å². The lowest BCUT2D eigenvalue weighted by Crippen LogP contribution is -2.51. The third-order valence-corrected chi connectivity index (χ3v) is 9.55. The number of H-pyrrole nitrogens is 2. The van der Waals surface area contributed by atoms with Crippen LogP contribution >= 0.6 is 0 Å². The zero-order valence-corrected chi connectivity index (χ0v) is 31.1. The molecule has 3 N–H and O–H groups in total. The smallest absolute Gasteiger partial charge is 0.413 e. The van der Waals surface area contributed by atoms with E-state index < -0.39 is 35.6 Å². The summed E-state index contributed by atoms with van der Waals surface area (Å²) >= 11 is 0. The minimum absolute atomic E-state index is 0.100. The average Bonchev–Trinajstić information content (AvgIpc) is 3.92. The quantitative estimate of drug-likeness (QED) is 0.173. The zero-order valence-electron chi connectivity index (χ0n) is 31.1. The van der Waals surface area contributed by atoms with Crippen LogP contribution < -0.4 is 5.32 Å². The maximum atomic E-state index is 13.5. The van der Waals surface area contributed by atoms with Gasteiger partial charge in [0, 0.05) is 6.54 Å². The van der Waals surface area contributed by atoms with Gasteiger partial charge in [0.2, 0.25) is 5.91 Å². The van der Waals surface area contributed by atoms with Crippen molar-refractivity contribution >= 4 is 18.1 Å². The average molecular weight is 712 g/mol. The maximum absolute atomic E-state index is 13.5. The summed E-state index contributed by atoms with van der Waals surface area (Å²) in [4.78, 5) is 58.1. The molecule has 4 aromatic rings. The minimum Gasteiger partial charge on any atom is -0.453 e. The Bertz CT molecular complexity index is 1890. The summed E-state index contributed by atoms with van der Waals surface area (Å²) in [6.45, 7) is 13.9. The van der Waals surface area contributed by atoms with Crippen LogP contribution in [0.3, 0.4) is 0 Å². The number of nitrogens with zero attached hydrogens (tertiary/aromatic N) is 4. The van der Waals surface area contributed by atoms with Crippen molar-refractivity contribution in [2.24, 2.45) is 5.92 Å². The molecule has 13 nitrogen and oxygen atoms in total. The SMILES string of the molecule is COC(=O)NC(C(=O)N1CCCC1c1ncc(-c2ccc(-c3ccc(-c4cnc(C5COC(C)(C)N5C(=O)OC(C)(C)C)[nH]4)cc3)cc2)[nH]1)C(C)C. The summed E-state index contributed by atoms with van der Waals surface area (Å²) in [5, 5.41) is 2.69. The van der Waals surface area contributed by atoms with Gasteiger partial charge in [-0.1, -0.05) is 62.4 Å². The van der Waals surface area contributed by atoms with Crippen LogP contribution in [0.15, 0.2) is 60.9 Å². The second kappa shape index (κ2) is 14.5. The van der Waals surface area contributed by atoms with Gasteiger partial charge in [-0.2, -0.15) is 0 Å². The van der Waals surface area contributed by atoms with Crippen molar-refractivity contribution in [1.29, 1.82) is 0 Å². The van der Waals surface area contributed by atoms with Crippen LogP contribution in [0, 0.1) is 5.92 Å². The fourth-order valence-corrected chi connectivity index (χ4v) is 6.84. The van der Waals surface area contributed by atoms with E-state index in [9.17, 15) is 14.4 Å². The number of carbonyl (C=O) groups excluding carboxylic acids is 3. The molecule has 0 bridgehead atoms. The molecule has 3 amide bonds. The van der Waals surface area contributed by atoms with E-state index in [1.54, 1.807) is 17.3 Å². The molecular weight excluding hydrogens is 662 g/mol. The van der Waals surface area contributed by atoms with Gasteiger partial charge in [-0.05, 0) is 75.6 Å². The van der Waals surface area contributed by atoms with Gasteiger partial charge < -0.3 is 34.4 Å². The number of aromatic nitrogens is 4. The van der Waals surface area contributed by atoms with Crippen molar-refractivity contribution in [3.63, 3.8) is 0 Å². The van der Waals surface area contributed by atoms with Crippen LogP contribution in [-0.4, -0.2) is 85.5 Å². The largest absolute Gasteiger partial charge is 0.453 e. The molecule has 2 saturated heterocycles. The van der Waals surface area contributed by atoms with Crippen molar-refractivity contribution in [2.45, 2.75) is 90.8 Å². The number of carbonyl (C=O) groups is 3. The molecule has 52 heavy (non-hydrogen) atoms. The summed E-state index contributed by atoms with van der Waals surface area (Å²) in [5.41, 5.74) is 4.29. The van der Waals surface area contributed by atoms with E-state index in [1.165, 1.54) is 7.11 Å². The standard InChI is InChI=1S/C39H49N7O6/c1-23(2)32(44-36(48)50-8)35(47)45-19-9-10-30(45)33-40-20-28(42-33)26-15-11-24(12-16-26)25-13-17-27(18-14-25)29-21-41-34(43-29)31-22-51-39(6,7)46(31)37(49)52-38(3,4)5/h11-18,20-21,23,30-32H,9-10,19,22H2,1-8H3,(H,40,42)(H,41,43)(H,44,48). The number of alkyl carbamates (subject to hydrolysis) is 1. The lowest BCUT2D eigenvalue weighted by molar-refractivity contribution is -0.135. The topological polar surface area (TPSA) is 155 Å². The van der Waals surface area contributed by atoms with Crippen molar-refractivity contribution in [3.8, 4) is 33.6 Å². The number of amides is 3. The number of ether oxygens (including phenoxy) is 3. The molecule has 0 aliphatic carbocycles. The highest BCUT2D eigenvalue weighted by Crippen LogP contribution is 2.38. The first-order chi connectivity index (χ1) is 24.6. The Labute approximate surface area is 304 Å². The normalized spacial score (nSPS) is 19.2. The van der Waals surface area contributed by atoms with Gasteiger partial charge >= 0.3 is 12.2 Å². The highest BCUT2D eigenvalue weighted by Gasteiger charge is 2.47. The molecule has 2 aliphatic rings. The molecule has 2 fully saturated rings. The first-order valence-electron chi connectivity index (χ1n) is 17.8. The summed E-state index contributed by atoms with van der Waals surface area (Å²) < 4.78 is 16.4. The second-order valence-corrected chi connectivity index (χ2v) is 15.2. The van der Waals surface area contributed by atoms with Crippen molar-refractivity contribution in [2.75, 3.05) is 20.3 Å². The molecule has 0 radical (unpaired) electrons. The molecule has 0 spiro atoms. The predicted molar refractivity (Wildman–Crippen MR) is 196 cm³/mol. The molecule has 2 aromatic heterocycles. The van der Waals surface area contributed by atoms with Crippen LogP contribution in [0.2, 0.25) is 0 Å². The van der Waals surface area contributed by atoms with Gasteiger partial charge in [-0.15, -0.1) is 0 Å². The Hall–Kier alpha value is -5.17. The number of aromatic amines is 2. The first-order valence-corrected chi connectivity index (χ1v) is 17.8. The molecule has 0 saturated carbocycles. The van der Waals surface area contributed by atoms with Crippen molar-refractivity contribution in [3.05, 3.63) is 72.6 Å². The number of benzene rings is 2. The molecular formula is C39H49N7O6. The maximum Gasteiger partial charge on any atom is 0.413 e. The third-order valence-electron chi connectivity index (χ3n) is 9.55. The number of rotatable bonds is 8. The van der Waals surface area contributed by atoms with Gasteiger partial charge in [0.25, 0.3) is 0 Å². The van der Waals surface area contributed by atoms with E-state index in [0.29, 0.717) is 19.0 Å². The number of hydrogen-bond donors (Lipinski definition) is 3. The van der Waals surface area contributed by atoms with E-state index in [-0.39, 0.29) is 17.9 Å². The van der Waals surface area contributed by atoms with Crippen molar-refractivity contribution < 1.29 is 28.6 Å². The number of methoxy groups -OCH3 is 1. The predicted octanol–water partition coefficient (Wildman–Crippen LogP) is 7.22. The second-order valence-electron chi connectivity index (χ2n) is 15.2. The minimum atomic E-state index is -0.836. The highest BCUT2D eigenvalue weighted by molar-refractivity contribution is 5.86. The number of imidazole rings is 2. The third kappa shape index (κ3) is 7.69. The zero-order chi connectivity index (χ0) is 37.4. The molecule has 3 atom stereocenters. The highest BCUT2D eigenvalue weighted by atomic mass is 16.6. The van der Waals surface area contributed by atoms with Gasteiger partial charge in [0.05, 0.1) is 43.5 Å². The van der Waals surface area contributed by atoms with Gasteiger partial charge in [-0.3, -0.25) is 9.69 Å². The molecule has 2 aliphatic heterocycles. The molecule has 3 unspecified atom stereocenters. The summed E-state index contributed by atoms with van der Waals surface area (Å²) in [5.74, 6) is 1.12. The van der Waals surface area contributed by atoms with E-state index in [2.05, 4.69) is 61.7 Å². The van der Waals surface area contributed by atoms with Crippen LogP contribution in [-0.2, 0) is 19.0 Å². The van der Waals surface area contributed by atoms with Crippen LogP contribution in [0.1, 0.15) is 85.0 Å². The summed E-state index contributed by atoms with van der Waals surface area (Å²) in [6.07, 6.45) is 4.15. The summed E-state index contributed by atoms with van der Waals surface area (Å²) in [6, 6.07) is 15.2. The van der Waals surface area contributed by atoms with E-state index in [4.69, 9.17) is 14.2 Å². The van der Waals surface area contributed by atoms with Gasteiger partial charge in [-0.25, -0.2) is 19.6 Å². The number of likely N-dealkylation sites (tertiary alicyclic amines) is 1. The first kappa shape index (κ1) is 36.6. The fraction of sp³-hybridized carbons (Fsp3) is 0.462. The molecule has 6 rings (SSSR count). The Morgan fingerprint density at radius 1 is 0.885 bits per heavy atom. The van der Waals surface area contributed by atoms with Crippen LogP contribution in [0.5, 0.6) is 0 Å². The monoisotopic (exact) mass is 711 g/mol. The fourth-order valence-electron chi connectivity index (χ4n) is 6.84.